The Morgan fingerprint density at radius 1 is 1.35 bits per heavy atom. The number of nitrogens with zero attached hydrogens (tertiary/aromatic N) is 2. The zero-order valence-corrected chi connectivity index (χ0v) is 11.1. The topological polar surface area (TPSA) is 47.0 Å². The molecule has 0 bridgehead atoms. The molecule has 2 rings (SSSR count). The predicted octanol–water partition coefficient (Wildman–Crippen LogP) is 2.45. The zero-order chi connectivity index (χ0) is 12.4. The van der Waals surface area contributed by atoms with Crippen LogP contribution in [0.15, 0.2) is 0 Å². The maximum atomic E-state index is 5.40. The van der Waals surface area contributed by atoms with Crippen LogP contribution in [0.2, 0.25) is 0 Å². The highest BCUT2D eigenvalue weighted by Crippen LogP contribution is 2.29. The van der Waals surface area contributed by atoms with E-state index in [1.54, 1.807) is 0 Å². The highest BCUT2D eigenvalue weighted by Gasteiger charge is 2.23. The quantitative estimate of drug-likeness (QED) is 0.874. The van der Waals surface area contributed by atoms with Gasteiger partial charge in [0.25, 0.3) is 0 Å². The van der Waals surface area contributed by atoms with Gasteiger partial charge in [0, 0.05) is 30.8 Å². The third kappa shape index (κ3) is 2.41. The number of ether oxygens (including phenoxy) is 1. The van der Waals surface area contributed by atoms with Gasteiger partial charge in [-0.15, -0.1) is 0 Å². The second kappa shape index (κ2) is 5.00. The number of rotatable bonds is 3. The van der Waals surface area contributed by atoms with Crippen LogP contribution in [0.25, 0.3) is 0 Å². The number of anilines is 1. The minimum Gasteiger partial charge on any atom is -0.381 e. The van der Waals surface area contributed by atoms with E-state index in [2.05, 4.69) is 36.1 Å². The first-order valence-electron chi connectivity index (χ1n) is 6.27. The van der Waals surface area contributed by atoms with E-state index in [-0.39, 0.29) is 0 Å². The van der Waals surface area contributed by atoms with Gasteiger partial charge in [0.05, 0.1) is 6.61 Å². The lowest BCUT2D eigenvalue weighted by Gasteiger charge is -2.17. The lowest BCUT2D eigenvalue weighted by molar-refractivity contribution is 0.193. The Kier molecular flexibility index (Phi) is 3.62. The molecule has 17 heavy (non-hydrogen) atoms. The van der Waals surface area contributed by atoms with E-state index >= 15 is 0 Å². The highest BCUT2D eigenvalue weighted by atomic mass is 16.5. The van der Waals surface area contributed by atoms with E-state index in [1.807, 2.05) is 7.05 Å². The standard InChI is InChI=1S/C13H21N3O/c1-8(2)11-9(3)15-12(16-13(11)14-4)10-5-6-17-7-10/h8,10H,5-7H2,1-4H3,(H,14,15,16). The van der Waals surface area contributed by atoms with E-state index in [9.17, 15) is 0 Å². The second-order valence-corrected chi connectivity index (χ2v) is 4.89. The normalized spacial score (nSPS) is 19.9. The van der Waals surface area contributed by atoms with Crippen LogP contribution < -0.4 is 5.32 Å². The van der Waals surface area contributed by atoms with Gasteiger partial charge >= 0.3 is 0 Å². The Hall–Kier alpha value is -1.16. The number of nitrogens with one attached hydrogen (secondary N) is 1. The summed E-state index contributed by atoms with van der Waals surface area (Å²) in [6.45, 7) is 7.99. The maximum absolute atomic E-state index is 5.40. The van der Waals surface area contributed by atoms with Crippen LogP contribution >= 0.6 is 0 Å². The van der Waals surface area contributed by atoms with Gasteiger partial charge in [-0.1, -0.05) is 13.8 Å². The number of aromatic nitrogens is 2. The van der Waals surface area contributed by atoms with Crippen molar-refractivity contribution in [2.45, 2.75) is 39.0 Å². The summed E-state index contributed by atoms with van der Waals surface area (Å²) < 4.78 is 5.40. The Morgan fingerprint density at radius 2 is 2.12 bits per heavy atom. The second-order valence-electron chi connectivity index (χ2n) is 4.89. The molecule has 2 heterocycles. The van der Waals surface area contributed by atoms with Crippen LogP contribution in [0.3, 0.4) is 0 Å². The van der Waals surface area contributed by atoms with Crippen molar-refractivity contribution >= 4 is 5.82 Å². The minimum absolute atomic E-state index is 0.363. The molecule has 1 aliphatic heterocycles. The Labute approximate surface area is 103 Å². The molecule has 0 amide bonds. The van der Waals surface area contributed by atoms with Gasteiger partial charge in [-0.25, -0.2) is 9.97 Å². The van der Waals surface area contributed by atoms with E-state index in [0.717, 1.165) is 37.0 Å². The van der Waals surface area contributed by atoms with Crippen LogP contribution in [-0.2, 0) is 4.74 Å². The molecule has 0 spiro atoms. The summed E-state index contributed by atoms with van der Waals surface area (Å²) in [5, 5.41) is 3.19. The van der Waals surface area contributed by atoms with Crippen molar-refractivity contribution in [1.29, 1.82) is 0 Å². The van der Waals surface area contributed by atoms with Gasteiger partial charge in [0.2, 0.25) is 0 Å². The van der Waals surface area contributed by atoms with Crippen LogP contribution in [0.5, 0.6) is 0 Å². The summed E-state index contributed by atoms with van der Waals surface area (Å²) in [4.78, 5) is 9.31. The van der Waals surface area contributed by atoms with Crippen LogP contribution in [0, 0.1) is 6.92 Å². The fourth-order valence-electron chi connectivity index (χ4n) is 2.41. The zero-order valence-electron chi connectivity index (χ0n) is 11.1. The molecule has 0 saturated carbocycles. The molecule has 0 aliphatic carbocycles. The molecule has 1 atom stereocenters. The minimum atomic E-state index is 0.363. The molecule has 0 aromatic carbocycles. The molecular weight excluding hydrogens is 214 g/mol. The van der Waals surface area contributed by atoms with Crippen molar-refractivity contribution in [1.82, 2.24) is 9.97 Å². The summed E-state index contributed by atoms with van der Waals surface area (Å²) >= 11 is 0. The van der Waals surface area contributed by atoms with Gasteiger partial charge in [-0.2, -0.15) is 0 Å². The first-order chi connectivity index (χ1) is 8.13. The van der Waals surface area contributed by atoms with Crippen molar-refractivity contribution in [3.8, 4) is 0 Å². The van der Waals surface area contributed by atoms with Gasteiger partial charge in [0.1, 0.15) is 11.6 Å². The molecule has 4 nitrogen and oxygen atoms in total. The maximum Gasteiger partial charge on any atom is 0.136 e. The Balaban J connectivity index is 2.40. The summed E-state index contributed by atoms with van der Waals surface area (Å²) in [6.07, 6.45) is 1.03. The fraction of sp³-hybridized carbons (Fsp3) is 0.692. The number of hydrogen-bond donors (Lipinski definition) is 1. The van der Waals surface area contributed by atoms with Gasteiger partial charge in [-0.3, -0.25) is 0 Å². The van der Waals surface area contributed by atoms with Gasteiger partial charge in [-0.05, 0) is 19.3 Å². The van der Waals surface area contributed by atoms with Crippen LogP contribution in [0.1, 0.15) is 49.2 Å². The Bertz CT molecular complexity index is 398. The number of hydrogen-bond acceptors (Lipinski definition) is 4. The van der Waals surface area contributed by atoms with Gasteiger partial charge in [0.15, 0.2) is 0 Å². The van der Waals surface area contributed by atoms with E-state index < -0.39 is 0 Å². The van der Waals surface area contributed by atoms with Gasteiger partial charge < -0.3 is 10.1 Å². The third-order valence-corrected chi connectivity index (χ3v) is 3.26. The summed E-state index contributed by atoms with van der Waals surface area (Å²) in [5.41, 5.74) is 2.30. The molecule has 1 fully saturated rings. The molecule has 4 heteroatoms. The van der Waals surface area contributed by atoms with E-state index in [1.165, 1.54) is 5.56 Å². The van der Waals surface area contributed by atoms with Crippen molar-refractivity contribution < 1.29 is 4.74 Å². The molecule has 1 unspecified atom stereocenters. The lowest BCUT2D eigenvalue weighted by Crippen LogP contribution is -2.12. The van der Waals surface area contributed by atoms with Crippen molar-refractivity contribution in [2.75, 3.05) is 25.6 Å². The van der Waals surface area contributed by atoms with E-state index in [4.69, 9.17) is 4.74 Å². The van der Waals surface area contributed by atoms with Crippen LogP contribution in [0.4, 0.5) is 5.82 Å². The monoisotopic (exact) mass is 235 g/mol. The first-order valence-corrected chi connectivity index (χ1v) is 6.27. The third-order valence-electron chi connectivity index (χ3n) is 3.26. The molecule has 94 valence electrons. The SMILES string of the molecule is CNc1nc(C2CCOC2)nc(C)c1C(C)C. The summed E-state index contributed by atoms with van der Waals surface area (Å²) in [7, 11) is 1.92. The van der Waals surface area contributed by atoms with E-state index in [0.29, 0.717) is 11.8 Å². The highest BCUT2D eigenvalue weighted by molar-refractivity contribution is 5.48. The predicted molar refractivity (Wildman–Crippen MR) is 68.6 cm³/mol. The molecule has 1 aromatic heterocycles. The molecule has 1 aromatic rings. The summed E-state index contributed by atoms with van der Waals surface area (Å²) in [6, 6.07) is 0. The Morgan fingerprint density at radius 3 is 2.65 bits per heavy atom. The summed E-state index contributed by atoms with van der Waals surface area (Å²) in [5.74, 6) is 2.69. The molecule has 1 saturated heterocycles. The molecule has 1 N–H and O–H groups in total. The average molecular weight is 235 g/mol. The molecule has 1 aliphatic rings. The van der Waals surface area contributed by atoms with Crippen LogP contribution in [-0.4, -0.2) is 30.2 Å². The largest absolute Gasteiger partial charge is 0.381 e. The van der Waals surface area contributed by atoms with Crippen molar-refractivity contribution in [3.05, 3.63) is 17.1 Å². The average Bonchev–Trinajstić information content (AvgIpc) is 2.80. The lowest BCUT2D eigenvalue weighted by atomic mass is 10.0. The smallest absolute Gasteiger partial charge is 0.136 e. The molecular formula is C13H21N3O. The molecule has 0 radical (unpaired) electrons. The first kappa shape index (κ1) is 12.3. The fourth-order valence-corrected chi connectivity index (χ4v) is 2.41. The van der Waals surface area contributed by atoms with Crippen molar-refractivity contribution in [2.24, 2.45) is 0 Å². The number of aryl methyl sites for hydroxylation is 1. The van der Waals surface area contributed by atoms with Crippen molar-refractivity contribution in [3.63, 3.8) is 0 Å².